The molecule has 0 saturated heterocycles. The number of benzene rings is 2. The van der Waals surface area contributed by atoms with Crippen LogP contribution in [0.25, 0.3) is 5.82 Å². The highest BCUT2D eigenvalue weighted by atomic mass is 79.9. The van der Waals surface area contributed by atoms with Crippen molar-refractivity contribution >= 4 is 56.8 Å². The largest absolute Gasteiger partial charge is 0.345 e. The van der Waals surface area contributed by atoms with Gasteiger partial charge < -0.3 is 10.6 Å². The lowest BCUT2D eigenvalue weighted by Gasteiger charge is -2.18. The average Bonchev–Trinajstić information content (AvgIpc) is 3.26. The molecule has 12 heteroatoms. The van der Waals surface area contributed by atoms with Gasteiger partial charge in [-0.05, 0) is 58.7 Å². The molecular weight excluding hydrogens is 588 g/mol. The van der Waals surface area contributed by atoms with Crippen molar-refractivity contribution in [2.24, 2.45) is 0 Å². The van der Waals surface area contributed by atoms with Gasteiger partial charge in [-0.25, -0.2) is 9.67 Å². The monoisotopic (exact) mass is 605 g/mol. The van der Waals surface area contributed by atoms with E-state index >= 15 is 0 Å². The number of nitrogens with zero attached hydrogens (tertiary/aromatic N) is 3. The Labute approximate surface area is 228 Å². The number of para-hydroxylation sites is 1. The Balaban J connectivity index is 1.54. The SMILES string of the molecule is Cc1cccc(C(=O)NCC(F)(F)Sc2ccccc2)c1NC(=O)c1cc(Br)nn1-c1ncccc1Cl. The minimum Gasteiger partial charge on any atom is -0.345 e. The highest BCUT2D eigenvalue weighted by molar-refractivity contribution is 9.10. The van der Waals surface area contributed by atoms with Crippen LogP contribution in [0.15, 0.2) is 82.4 Å². The number of thioether (sulfide) groups is 1. The molecule has 2 aromatic carbocycles. The number of halogens is 4. The molecule has 7 nitrogen and oxygen atoms in total. The molecule has 2 amide bonds. The first-order valence-corrected chi connectivity index (χ1v) is 12.8. The van der Waals surface area contributed by atoms with Gasteiger partial charge >= 0.3 is 5.25 Å². The molecule has 190 valence electrons. The standard InChI is InChI=1S/C25H19BrClF2N5O2S/c1-15-7-5-10-17(23(35)31-14-25(28,29)37-16-8-3-2-4-9-16)21(15)32-24(36)19-13-20(26)33-34(19)22-18(27)11-6-12-30-22/h2-13H,14H2,1H3,(H,31,35)(H,32,36). The first-order chi connectivity index (χ1) is 17.6. The molecular formula is C25H19BrClF2N5O2S. The van der Waals surface area contributed by atoms with Crippen molar-refractivity contribution in [2.75, 3.05) is 11.9 Å². The molecule has 4 rings (SSSR count). The van der Waals surface area contributed by atoms with E-state index in [0.29, 0.717) is 26.8 Å². The van der Waals surface area contributed by atoms with E-state index in [2.05, 4.69) is 36.6 Å². The summed E-state index contributed by atoms with van der Waals surface area (Å²) >= 11 is 9.84. The third-order valence-corrected chi connectivity index (χ3v) is 6.71. The molecule has 4 aromatic rings. The third kappa shape index (κ3) is 6.54. The highest BCUT2D eigenvalue weighted by Crippen LogP contribution is 2.35. The number of hydrogen-bond acceptors (Lipinski definition) is 5. The molecule has 0 aliphatic rings. The van der Waals surface area contributed by atoms with E-state index in [1.54, 1.807) is 61.5 Å². The number of rotatable bonds is 8. The van der Waals surface area contributed by atoms with E-state index in [0.717, 1.165) is 0 Å². The minimum absolute atomic E-state index is 0.0369. The molecule has 37 heavy (non-hydrogen) atoms. The van der Waals surface area contributed by atoms with Crippen molar-refractivity contribution in [2.45, 2.75) is 17.1 Å². The summed E-state index contributed by atoms with van der Waals surface area (Å²) in [6.07, 6.45) is 1.51. The van der Waals surface area contributed by atoms with Gasteiger partial charge in [-0.15, -0.1) is 0 Å². The molecule has 0 atom stereocenters. The number of amides is 2. The smallest absolute Gasteiger partial charge is 0.315 e. The zero-order valence-electron chi connectivity index (χ0n) is 19.2. The van der Waals surface area contributed by atoms with Crippen LogP contribution in [-0.4, -0.2) is 38.4 Å². The number of aromatic nitrogens is 3. The van der Waals surface area contributed by atoms with E-state index in [-0.39, 0.29) is 27.8 Å². The van der Waals surface area contributed by atoms with Gasteiger partial charge in [0.1, 0.15) is 10.3 Å². The van der Waals surface area contributed by atoms with Crippen molar-refractivity contribution < 1.29 is 18.4 Å². The van der Waals surface area contributed by atoms with Crippen LogP contribution in [0.1, 0.15) is 26.4 Å². The number of aryl methyl sites for hydroxylation is 1. The second kappa shape index (κ2) is 11.4. The summed E-state index contributed by atoms with van der Waals surface area (Å²) in [5.41, 5.74) is 0.871. The Morgan fingerprint density at radius 2 is 1.84 bits per heavy atom. The second-order valence-electron chi connectivity index (χ2n) is 7.76. The number of carbonyl (C=O) groups is 2. The molecule has 0 aliphatic carbocycles. The zero-order valence-corrected chi connectivity index (χ0v) is 22.4. The van der Waals surface area contributed by atoms with Gasteiger partial charge in [-0.1, -0.05) is 53.7 Å². The Morgan fingerprint density at radius 3 is 2.57 bits per heavy atom. The van der Waals surface area contributed by atoms with Crippen LogP contribution in [0.3, 0.4) is 0 Å². The second-order valence-corrected chi connectivity index (χ2v) is 10.3. The van der Waals surface area contributed by atoms with E-state index in [4.69, 9.17) is 11.6 Å². The number of carbonyl (C=O) groups excluding carboxylic acids is 2. The molecule has 0 aliphatic heterocycles. The van der Waals surface area contributed by atoms with Gasteiger partial charge in [0.15, 0.2) is 5.82 Å². The number of pyridine rings is 1. The van der Waals surface area contributed by atoms with Crippen molar-refractivity contribution in [1.82, 2.24) is 20.1 Å². The quantitative estimate of drug-likeness (QED) is 0.228. The zero-order chi connectivity index (χ0) is 26.6. The Morgan fingerprint density at radius 1 is 1.08 bits per heavy atom. The number of anilines is 1. The Kier molecular flexibility index (Phi) is 8.25. The van der Waals surface area contributed by atoms with Crippen LogP contribution in [0.5, 0.6) is 0 Å². The summed E-state index contributed by atoms with van der Waals surface area (Å²) in [6, 6.07) is 17.6. The van der Waals surface area contributed by atoms with Gasteiger partial charge in [0.25, 0.3) is 11.8 Å². The van der Waals surface area contributed by atoms with E-state index in [1.807, 2.05) is 0 Å². The lowest BCUT2D eigenvalue weighted by atomic mass is 10.1. The summed E-state index contributed by atoms with van der Waals surface area (Å²) in [5.74, 6) is -1.12. The van der Waals surface area contributed by atoms with Crippen LogP contribution < -0.4 is 10.6 Å². The lowest BCUT2D eigenvalue weighted by molar-refractivity contribution is 0.0810. The average molecular weight is 607 g/mol. The van der Waals surface area contributed by atoms with Crippen LogP contribution in [-0.2, 0) is 0 Å². The predicted octanol–water partition coefficient (Wildman–Crippen LogP) is 6.36. The first-order valence-electron chi connectivity index (χ1n) is 10.8. The van der Waals surface area contributed by atoms with Crippen molar-refractivity contribution in [1.29, 1.82) is 0 Å². The Bertz CT molecular complexity index is 1450. The topological polar surface area (TPSA) is 88.9 Å². The molecule has 0 fully saturated rings. The lowest BCUT2D eigenvalue weighted by Crippen LogP contribution is -2.35. The van der Waals surface area contributed by atoms with Gasteiger partial charge in [-0.2, -0.15) is 13.9 Å². The molecule has 0 spiro atoms. The van der Waals surface area contributed by atoms with Crippen molar-refractivity contribution in [3.05, 3.63) is 99.4 Å². The fourth-order valence-electron chi connectivity index (χ4n) is 3.38. The molecule has 2 N–H and O–H groups in total. The number of hydrogen-bond donors (Lipinski definition) is 2. The van der Waals surface area contributed by atoms with E-state index in [1.165, 1.54) is 23.0 Å². The molecule has 0 unspecified atom stereocenters. The summed E-state index contributed by atoms with van der Waals surface area (Å²) in [4.78, 5) is 30.7. The maximum absolute atomic E-state index is 14.5. The van der Waals surface area contributed by atoms with Crippen LogP contribution >= 0.6 is 39.3 Å². The molecule has 2 aromatic heterocycles. The number of nitrogens with one attached hydrogen (secondary N) is 2. The maximum atomic E-state index is 14.5. The molecule has 0 saturated carbocycles. The van der Waals surface area contributed by atoms with E-state index in [9.17, 15) is 18.4 Å². The van der Waals surface area contributed by atoms with Gasteiger partial charge in [0, 0.05) is 17.2 Å². The summed E-state index contributed by atoms with van der Waals surface area (Å²) < 4.78 is 30.6. The van der Waals surface area contributed by atoms with Gasteiger partial charge in [0.2, 0.25) is 0 Å². The third-order valence-electron chi connectivity index (χ3n) is 5.07. The van der Waals surface area contributed by atoms with E-state index < -0.39 is 23.6 Å². The number of alkyl halides is 2. The van der Waals surface area contributed by atoms with Crippen LogP contribution in [0.2, 0.25) is 5.02 Å². The van der Waals surface area contributed by atoms with Gasteiger partial charge in [-0.3, -0.25) is 9.59 Å². The van der Waals surface area contributed by atoms with Gasteiger partial charge in [0.05, 0.1) is 22.8 Å². The highest BCUT2D eigenvalue weighted by Gasteiger charge is 2.31. The van der Waals surface area contributed by atoms with Crippen LogP contribution in [0, 0.1) is 6.92 Å². The molecule has 0 bridgehead atoms. The summed E-state index contributed by atoms with van der Waals surface area (Å²) in [6.45, 7) is 0.791. The molecule has 2 heterocycles. The molecule has 0 radical (unpaired) electrons. The summed E-state index contributed by atoms with van der Waals surface area (Å²) in [7, 11) is 0. The van der Waals surface area contributed by atoms with Crippen LogP contribution in [0.4, 0.5) is 14.5 Å². The van der Waals surface area contributed by atoms with Crippen molar-refractivity contribution in [3.63, 3.8) is 0 Å². The predicted molar refractivity (Wildman–Crippen MR) is 143 cm³/mol. The fraction of sp³-hybridized carbons (Fsp3) is 0.120. The minimum atomic E-state index is -3.25. The summed E-state index contributed by atoms with van der Waals surface area (Å²) in [5, 5.41) is 6.25. The van der Waals surface area contributed by atoms with Crippen molar-refractivity contribution in [3.8, 4) is 5.82 Å². The first kappa shape index (κ1) is 26.8. The fourth-order valence-corrected chi connectivity index (χ4v) is 4.74. The normalized spacial score (nSPS) is 11.3. The Hall–Kier alpha value is -3.28. The maximum Gasteiger partial charge on any atom is 0.315 e.